The number of aromatic nitrogens is 2. The van der Waals surface area contributed by atoms with Crippen LogP contribution in [0.4, 0.5) is 9.93 Å². The summed E-state index contributed by atoms with van der Waals surface area (Å²) in [5.74, 6) is -0.296. The lowest BCUT2D eigenvalue weighted by atomic mass is 10.2. The second kappa shape index (κ2) is 12.3. The van der Waals surface area contributed by atoms with Crippen LogP contribution in [0.25, 0.3) is 10.2 Å². The summed E-state index contributed by atoms with van der Waals surface area (Å²) in [6.45, 7) is 5.18. The average molecular weight is 594 g/mol. The van der Waals surface area contributed by atoms with Crippen LogP contribution in [0.5, 0.6) is 0 Å². The van der Waals surface area contributed by atoms with Crippen LogP contribution >= 0.6 is 11.3 Å². The van der Waals surface area contributed by atoms with Gasteiger partial charge in [-0.1, -0.05) is 30.4 Å². The van der Waals surface area contributed by atoms with Crippen LogP contribution in [0, 0.1) is 0 Å². The molecule has 1 aliphatic heterocycles. The first-order valence-electron chi connectivity index (χ1n) is 13.4. The van der Waals surface area contributed by atoms with Crippen LogP contribution in [0.3, 0.4) is 0 Å². The first-order chi connectivity index (χ1) is 19.8. The Balaban J connectivity index is 1.37. The van der Waals surface area contributed by atoms with Gasteiger partial charge >= 0.3 is 6.09 Å². The maximum Gasteiger partial charge on any atom is 0.409 e. The molecule has 0 atom stereocenters. The van der Waals surface area contributed by atoms with Gasteiger partial charge in [-0.3, -0.25) is 14.7 Å². The second-order valence-electron chi connectivity index (χ2n) is 9.52. The van der Waals surface area contributed by atoms with E-state index in [1.807, 2.05) is 24.3 Å². The van der Waals surface area contributed by atoms with Gasteiger partial charge in [0.1, 0.15) is 0 Å². The summed E-state index contributed by atoms with van der Waals surface area (Å²) in [6.07, 6.45) is 3.84. The van der Waals surface area contributed by atoms with Crippen LogP contribution in [-0.4, -0.2) is 72.4 Å². The quantitative estimate of drug-likeness (QED) is 0.294. The molecule has 4 aromatic rings. The van der Waals surface area contributed by atoms with Crippen LogP contribution in [0.1, 0.15) is 35.3 Å². The van der Waals surface area contributed by atoms with Crippen molar-refractivity contribution in [2.24, 2.45) is 0 Å². The largest absolute Gasteiger partial charge is 0.450 e. The number of benzene rings is 2. The average Bonchev–Trinajstić information content (AvgIpc) is 3.43. The first-order valence-corrected chi connectivity index (χ1v) is 15.7. The molecule has 0 saturated carbocycles. The molecule has 5 rings (SSSR count). The Morgan fingerprint density at radius 2 is 1.76 bits per heavy atom. The number of nitrogens with zero attached hydrogens (tertiary/aromatic N) is 5. The molecule has 41 heavy (non-hydrogen) atoms. The Labute approximate surface area is 243 Å². The zero-order valence-corrected chi connectivity index (χ0v) is 24.5. The number of thiazole rings is 1. The molecule has 2 aromatic heterocycles. The van der Waals surface area contributed by atoms with Crippen molar-refractivity contribution in [3.8, 4) is 0 Å². The Morgan fingerprint density at radius 1 is 1.00 bits per heavy atom. The van der Waals surface area contributed by atoms with Gasteiger partial charge in [-0.05, 0) is 66.9 Å². The molecule has 1 aliphatic rings. The monoisotopic (exact) mass is 593 g/mol. The van der Waals surface area contributed by atoms with E-state index in [4.69, 9.17) is 9.72 Å². The fourth-order valence-electron chi connectivity index (χ4n) is 4.59. The van der Waals surface area contributed by atoms with Crippen LogP contribution < -0.4 is 4.90 Å². The van der Waals surface area contributed by atoms with Gasteiger partial charge in [0.15, 0.2) is 5.13 Å². The number of ether oxygens (including phenoxy) is 1. The number of piperazine rings is 1. The van der Waals surface area contributed by atoms with Crippen molar-refractivity contribution in [2.45, 2.75) is 31.7 Å². The molecule has 0 aliphatic carbocycles. The fourth-order valence-corrected chi connectivity index (χ4v) is 7.04. The normalized spacial score (nSPS) is 14.2. The Hall–Kier alpha value is -3.87. The number of aryl methyl sites for hydroxylation is 1. The van der Waals surface area contributed by atoms with E-state index >= 15 is 0 Å². The lowest BCUT2D eigenvalue weighted by Gasteiger charge is -2.33. The van der Waals surface area contributed by atoms with E-state index in [2.05, 4.69) is 18.0 Å². The summed E-state index contributed by atoms with van der Waals surface area (Å²) in [7, 11) is -3.80. The third-order valence-electron chi connectivity index (χ3n) is 6.89. The number of hydrogen-bond donors (Lipinski definition) is 0. The molecule has 214 valence electrons. The molecule has 0 spiro atoms. The van der Waals surface area contributed by atoms with E-state index in [1.54, 1.807) is 24.2 Å². The summed E-state index contributed by atoms with van der Waals surface area (Å²) < 4.78 is 34.0. The number of rotatable bonds is 8. The molecule has 10 nitrogen and oxygen atoms in total. The molecular formula is C29H31N5O5S2. The summed E-state index contributed by atoms with van der Waals surface area (Å²) in [5.41, 5.74) is 3.19. The number of pyridine rings is 1. The predicted molar refractivity (Wildman–Crippen MR) is 158 cm³/mol. The Kier molecular flexibility index (Phi) is 8.62. The van der Waals surface area contributed by atoms with E-state index in [-0.39, 0.29) is 50.1 Å². The Morgan fingerprint density at radius 3 is 2.41 bits per heavy atom. The summed E-state index contributed by atoms with van der Waals surface area (Å²) in [5, 5.41) is 0.554. The zero-order chi connectivity index (χ0) is 29.0. The maximum atomic E-state index is 13.8. The number of hydrogen-bond acceptors (Lipinski definition) is 8. The highest BCUT2D eigenvalue weighted by atomic mass is 32.2. The summed E-state index contributed by atoms with van der Waals surface area (Å²) >= 11 is 1.44. The van der Waals surface area contributed by atoms with E-state index in [0.717, 1.165) is 22.2 Å². The van der Waals surface area contributed by atoms with Crippen molar-refractivity contribution in [1.29, 1.82) is 0 Å². The minimum absolute atomic E-state index is 0.0875. The predicted octanol–water partition coefficient (Wildman–Crippen LogP) is 4.56. The number of carbonyl (C=O) groups is 2. The molecule has 0 radical (unpaired) electrons. The molecule has 0 bridgehead atoms. The minimum atomic E-state index is -3.80. The molecule has 0 unspecified atom stereocenters. The second-order valence-corrected chi connectivity index (χ2v) is 12.5. The van der Waals surface area contributed by atoms with Gasteiger partial charge in [-0.15, -0.1) is 0 Å². The fraction of sp³-hybridized carbons (Fsp3) is 0.310. The van der Waals surface area contributed by atoms with Crippen LogP contribution in [-0.2, 0) is 27.7 Å². The van der Waals surface area contributed by atoms with Crippen molar-refractivity contribution in [3.63, 3.8) is 0 Å². The smallest absolute Gasteiger partial charge is 0.409 e. The van der Waals surface area contributed by atoms with E-state index in [1.165, 1.54) is 50.4 Å². The van der Waals surface area contributed by atoms with Crippen molar-refractivity contribution >= 4 is 48.7 Å². The minimum Gasteiger partial charge on any atom is -0.450 e. The van der Waals surface area contributed by atoms with Gasteiger partial charge in [0.25, 0.3) is 5.91 Å². The lowest BCUT2D eigenvalue weighted by molar-refractivity contribution is 0.0933. The van der Waals surface area contributed by atoms with E-state index in [0.29, 0.717) is 10.7 Å². The van der Waals surface area contributed by atoms with Gasteiger partial charge in [0, 0.05) is 44.1 Å². The number of carbonyl (C=O) groups excluding carboxylic acids is 2. The van der Waals surface area contributed by atoms with Crippen LogP contribution in [0.15, 0.2) is 71.9 Å². The molecule has 0 N–H and O–H groups in total. The van der Waals surface area contributed by atoms with Crippen molar-refractivity contribution in [1.82, 2.24) is 19.2 Å². The maximum absolute atomic E-state index is 13.8. The van der Waals surface area contributed by atoms with Gasteiger partial charge in [0.2, 0.25) is 10.0 Å². The summed E-state index contributed by atoms with van der Waals surface area (Å²) in [6, 6.07) is 15.8. The molecule has 1 saturated heterocycles. The molecular weight excluding hydrogens is 562 g/mol. The molecule has 2 aromatic carbocycles. The van der Waals surface area contributed by atoms with E-state index < -0.39 is 16.1 Å². The van der Waals surface area contributed by atoms with Gasteiger partial charge in [-0.2, -0.15) is 4.31 Å². The summed E-state index contributed by atoms with van der Waals surface area (Å²) in [4.78, 5) is 37.9. The Bertz CT molecular complexity index is 1630. The number of sulfonamides is 1. The number of anilines is 1. The van der Waals surface area contributed by atoms with Gasteiger partial charge < -0.3 is 9.64 Å². The first kappa shape index (κ1) is 28.7. The molecule has 12 heteroatoms. The topological polar surface area (TPSA) is 113 Å². The van der Waals surface area contributed by atoms with Gasteiger partial charge in [0.05, 0.1) is 28.3 Å². The SMILES string of the molecule is CCOC(=O)N1CCN(S(=O)(=O)c2ccc(C(=O)N(Cc3cccnc3)c3nc4ccc(CC)cc4s3)cc2)CC1. The third-order valence-corrected chi connectivity index (χ3v) is 9.85. The van der Waals surface area contributed by atoms with Crippen molar-refractivity contribution in [3.05, 3.63) is 83.7 Å². The van der Waals surface area contributed by atoms with Crippen LogP contribution in [0.2, 0.25) is 0 Å². The number of fused-ring (bicyclic) bond motifs is 1. The third kappa shape index (κ3) is 6.24. The molecule has 1 fully saturated rings. The highest BCUT2D eigenvalue weighted by molar-refractivity contribution is 7.89. The highest BCUT2D eigenvalue weighted by Crippen LogP contribution is 2.32. The van der Waals surface area contributed by atoms with E-state index in [9.17, 15) is 18.0 Å². The highest BCUT2D eigenvalue weighted by Gasteiger charge is 2.31. The standard InChI is InChI=1S/C29H31N5O5S2/c1-3-21-7-12-25-26(18-21)40-28(31-25)34(20-22-6-5-13-30-19-22)27(35)23-8-10-24(11-9-23)41(37,38)33-16-14-32(15-17-33)29(36)39-4-2/h5-13,18-19H,3-4,14-17,20H2,1-2H3. The zero-order valence-electron chi connectivity index (χ0n) is 22.9. The van der Waals surface area contributed by atoms with Crippen molar-refractivity contribution < 1.29 is 22.7 Å². The lowest BCUT2D eigenvalue weighted by Crippen LogP contribution is -2.50. The van der Waals surface area contributed by atoms with Crippen molar-refractivity contribution in [2.75, 3.05) is 37.7 Å². The number of amides is 2. The van der Waals surface area contributed by atoms with Gasteiger partial charge in [-0.25, -0.2) is 18.2 Å². The molecule has 3 heterocycles. The molecule has 2 amide bonds.